The van der Waals surface area contributed by atoms with Gasteiger partial charge in [0.05, 0.1) is 6.07 Å². The molecule has 2 heteroatoms. The number of hydrogen-bond acceptors (Lipinski definition) is 2. The molecule has 1 aromatic carbocycles. The molecule has 0 bridgehead atoms. The molecule has 1 rings (SSSR count). The van der Waals surface area contributed by atoms with Crippen molar-refractivity contribution in [3.05, 3.63) is 35.4 Å². The van der Waals surface area contributed by atoms with E-state index in [1.54, 1.807) is 18.2 Å². The molecule has 0 amide bonds. The van der Waals surface area contributed by atoms with E-state index in [1.165, 1.54) is 6.08 Å². The molecule has 2 nitrogen and oxygen atoms in total. The highest BCUT2D eigenvalue weighted by molar-refractivity contribution is 5.57. The van der Waals surface area contributed by atoms with Gasteiger partial charge in [0.1, 0.15) is 5.75 Å². The van der Waals surface area contributed by atoms with E-state index in [0.29, 0.717) is 0 Å². The number of allylic oxidation sites excluding steroid dienone is 1. The minimum absolute atomic E-state index is 0.287. The number of nitrogens with zero attached hydrogens (tertiary/aromatic N) is 1. The summed E-state index contributed by atoms with van der Waals surface area (Å²) in [5.74, 6) is 0.287. The molecule has 0 aliphatic carbocycles. The van der Waals surface area contributed by atoms with Crippen LogP contribution in [0.2, 0.25) is 0 Å². The molecule has 0 radical (unpaired) electrons. The van der Waals surface area contributed by atoms with E-state index in [1.807, 2.05) is 12.1 Å². The number of unbranched alkanes of at least 4 members (excludes halogenated alkanes) is 1. The molecule has 0 spiro atoms. The number of phenolic OH excluding ortho intramolecular Hbond substituents is 1. The Balaban J connectivity index is 2.93. The number of hydrogen-bond donors (Lipinski definition) is 1. The number of benzene rings is 1. The zero-order valence-electron chi connectivity index (χ0n) is 8.90. The Morgan fingerprint density at radius 2 is 2.27 bits per heavy atom. The lowest BCUT2D eigenvalue weighted by Gasteiger charge is -2.05. The van der Waals surface area contributed by atoms with Crippen molar-refractivity contribution in [1.82, 2.24) is 0 Å². The lowest BCUT2D eigenvalue weighted by molar-refractivity contribution is 0.474. The van der Waals surface area contributed by atoms with Crippen LogP contribution in [-0.2, 0) is 6.42 Å². The molecule has 0 aliphatic heterocycles. The number of aryl methyl sites for hydroxylation is 1. The van der Waals surface area contributed by atoms with Gasteiger partial charge in [0, 0.05) is 6.08 Å². The predicted octanol–water partition coefficient (Wildman–Crippen LogP) is 3.27. The molecule has 0 aromatic heterocycles. The lowest BCUT2D eigenvalue weighted by Crippen LogP contribution is -1.89. The van der Waals surface area contributed by atoms with Crippen molar-refractivity contribution < 1.29 is 5.11 Å². The highest BCUT2D eigenvalue weighted by Crippen LogP contribution is 2.19. The monoisotopic (exact) mass is 201 g/mol. The van der Waals surface area contributed by atoms with Crippen LogP contribution in [-0.4, -0.2) is 5.11 Å². The van der Waals surface area contributed by atoms with Gasteiger partial charge in [-0.25, -0.2) is 0 Å². The zero-order valence-corrected chi connectivity index (χ0v) is 8.90. The first-order valence-corrected chi connectivity index (χ1v) is 5.16. The number of phenols is 1. The Hall–Kier alpha value is -1.75. The molecule has 15 heavy (non-hydrogen) atoms. The Morgan fingerprint density at radius 3 is 2.93 bits per heavy atom. The van der Waals surface area contributed by atoms with Gasteiger partial charge in [0.2, 0.25) is 0 Å². The first-order chi connectivity index (χ1) is 7.27. The molecule has 0 aliphatic rings. The number of nitriles is 1. The maximum absolute atomic E-state index is 9.37. The zero-order chi connectivity index (χ0) is 11.1. The van der Waals surface area contributed by atoms with Crippen molar-refractivity contribution in [1.29, 1.82) is 5.26 Å². The van der Waals surface area contributed by atoms with Gasteiger partial charge in [-0.05, 0) is 42.2 Å². The van der Waals surface area contributed by atoms with Crippen LogP contribution in [0.5, 0.6) is 5.75 Å². The summed E-state index contributed by atoms with van der Waals surface area (Å²) in [5.41, 5.74) is 2.12. The smallest absolute Gasteiger partial charge is 0.115 e. The van der Waals surface area contributed by atoms with Crippen LogP contribution in [0.25, 0.3) is 6.08 Å². The standard InChI is InChI=1S/C13H15NO/c1-2-3-5-12-10-13(15)8-7-11(12)6-4-9-14/h4,6-8,10,15H,2-3,5H2,1H3/b6-4+. The van der Waals surface area contributed by atoms with Gasteiger partial charge in [-0.2, -0.15) is 5.26 Å². The third-order valence-electron chi connectivity index (χ3n) is 2.26. The van der Waals surface area contributed by atoms with E-state index >= 15 is 0 Å². The normalized spacial score (nSPS) is 10.4. The molecule has 1 N–H and O–H groups in total. The van der Waals surface area contributed by atoms with Crippen LogP contribution >= 0.6 is 0 Å². The van der Waals surface area contributed by atoms with Gasteiger partial charge in [0.25, 0.3) is 0 Å². The van der Waals surface area contributed by atoms with E-state index in [9.17, 15) is 5.11 Å². The van der Waals surface area contributed by atoms with E-state index in [-0.39, 0.29) is 5.75 Å². The molecule has 0 heterocycles. The number of rotatable bonds is 4. The van der Waals surface area contributed by atoms with Crippen molar-refractivity contribution in [3.63, 3.8) is 0 Å². The summed E-state index contributed by atoms with van der Waals surface area (Å²) in [6.07, 6.45) is 6.40. The SMILES string of the molecule is CCCCc1cc(O)ccc1/C=C/C#N. The van der Waals surface area contributed by atoms with Crippen LogP contribution in [0.3, 0.4) is 0 Å². The third-order valence-corrected chi connectivity index (χ3v) is 2.26. The summed E-state index contributed by atoms with van der Waals surface area (Å²) in [7, 11) is 0. The molecule has 0 saturated carbocycles. The second kappa shape index (κ2) is 5.87. The maximum atomic E-state index is 9.37. The van der Waals surface area contributed by atoms with Gasteiger partial charge in [-0.3, -0.25) is 0 Å². The first kappa shape index (κ1) is 11.3. The van der Waals surface area contributed by atoms with E-state index in [2.05, 4.69) is 6.92 Å². The van der Waals surface area contributed by atoms with E-state index in [0.717, 1.165) is 30.4 Å². The van der Waals surface area contributed by atoms with Crippen molar-refractivity contribution in [3.8, 4) is 11.8 Å². The highest BCUT2D eigenvalue weighted by atomic mass is 16.3. The Morgan fingerprint density at radius 1 is 1.47 bits per heavy atom. The van der Waals surface area contributed by atoms with Crippen molar-refractivity contribution in [2.24, 2.45) is 0 Å². The van der Waals surface area contributed by atoms with Crippen molar-refractivity contribution in [2.75, 3.05) is 0 Å². The van der Waals surface area contributed by atoms with Gasteiger partial charge in [-0.1, -0.05) is 19.4 Å². The summed E-state index contributed by atoms with van der Waals surface area (Å²) in [6, 6.07) is 7.23. The Bertz CT molecular complexity index is 388. The van der Waals surface area contributed by atoms with Crippen LogP contribution in [0.15, 0.2) is 24.3 Å². The maximum Gasteiger partial charge on any atom is 0.115 e. The van der Waals surface area contributed by atoms with Gasteiger partial charge < -0.3 is 5.11 Å². The molecular formula is C13H15NO. The fraction of sp³-hybridized carbons (Fsp3) is 0.308. The van der Waals surface area contributed by atoms with Crippen LogP contribution < -0.4 is 0 Å². The Kier molecular flexibility index (Phi) is 4.43. The molecule has 0 fully saturated rings. The summed E-state index contributed by atoms with van der Waals surface area (Å²) in [6.45, 7) is 2.13. The van der Waals surface area contributed by atoms with Crippen molar-refractivity contribution in [2.45, 2.75) is 26.2 Å². The van der Waals surface area contributed by atoms with E-state index in [4.69, 9.17) is 5.26 Å². The second-order valence-corrected chi connectivity index (χ2v) is 3.45. The number of aromatic hydroxyl groups is 1. The molecule has 0 unspecified atom stereocenters. The topological polar surface area (TPSA) is 44.0 Å². The fourth-order valence-corrected chi connectivity index (χ4v) is 1.47. The van der Waals surface area contributed by atoms with Crippen LogP contribution in [0.4, 0.5) is 0 Å². The average molecular weight is 201 g/mol. The second-order valence-electron chi connectivity index (χ2n) is 3.45. The van der Waals surface area contributed by atoms with E-state index < -0.39 is 0 Å². The van der Waals surface area contributed by atoms with Crippen LogP contribution in [0.1, 0.15) is 30.9 Å². The van der Waals surface area contributed by atoms with Gasteiger partial charge in [0.15, 0.2) is 0 Å². The van der Waals surface area contributed by atoms with Gasteiger partial charge in [-0.15, -0.1) is 0 Å². The fourth-order valence-electron chi connectivity index (χ4n) is 1.47. The lowest BCUT2D eigenvalue weighted by atomic mass is 10.0. The molecule has 78 valence electrons. The predicted molar refractivity (Wildman–Crippen MR) is 61.4 cm³/mol. The average Bonchev–Trinajstić information content (AvgIpc) is 2.25. The summed E-state index contributed by atoms with van der Waals surface area (Å²) in [5, 5.41) is 17.8. The minimum atomic E-state index is 0.287. The molecule has 0 atom stereocenters. The molecule has 0 saturated heterocycles. The molecule has 1 aromatic rings. The largest absolute Gasteiger partial charge is 0.508 e. The highest BCUT2D eigenvalue weighted by Gasteiger charge is 2.00. The Labute approximate surface area is 90.5 Å². The minimum Gasteiger partial charge on any atom is -0.508 e. The van der Waals surface area contributed by atoms with Gasteiger partial charge >= 0.3 is 0 Å². The third kappa shape index (κ3) is 3.47. The summed E-state index contributed by atoms with van der Waals surface area (Å²) >= 11 is 0. The summed E-state index contributed by atoms with van der Waals surface area (Å²) in [4.78, 5) is 0. The van der Waals surface area contributed by atoms with Crippen LogP contribution in [0, 0.1) is 11.3 Å². The quantitative estimate of drug-likeness (QED) is 0.760. The van der Waals surface area contributed by atoms with Crippen molar-refractivity contribution >= 4 is 6.08 Å². The molecular weight excluding hydrogens is 186 g/mol. The first-order valence-electron chi connectivity index (χ1n) is 5.16. The summed E-state index contributed by atoms with van der Waals surface area (Å²) < 4.78 is 0.